The first kappa shape index (κ1) is 7.34. The highest BCUT2D eigenvalue weighted by Gasteiger charge is 2.22. The SMILES string of the molecule is O=C(O)c1c[n+]2c([nH]1)CCCC2. The lowest BCUT2D eigenvalue weighted by Crippen LogP contribution is -2.39. The maximum absolute atomic E-state index is 10.6. The summed E-state index contributed by atoms with van der Waals surface area (Å²) in [6.07, 6.45) is 4.94. The number of nitrogens with zero attached hydrogens (tertiary/aromatic N) is 1. The summed E-state index contributed by atoms with van der Waals surface area (Å²) in [6, 6.07) is 0. The second-order valence-electron chi connectivity index (χ2n) is 3.07. The molecule has 0 unspecified atom stereocenters. The summed E-state index contributed by atoms with van der Waals surface area (Å²) in [6.45, 7) is 0.944. The molecule has 0 saturated carbocycles. The lowest BCUT2D eigenvalue weighted by Gasteiger charge is -2.04. The summed E-state index contributed by atoms with van der Waals surface area (Å²) < 4.78 is 1.99. The van der Waals surface area contributed by atoms with Crippen molar-refractivity contribution >= 4 is 5.97 Å². The average Bonchev–Trinajstić information content (AvgIpc) is 2.46. The molecule has 64 valence electrons. The van der Waals surface area contributed by atoms with Gasteiger partial charge >= 0.3 is 5.97 Å². The number of hydrogen-bond acceptors (Lipinski definition) is 1. The van der Waals surface area contributed by atoms with E-state index < -0.39 is 5.97 Å². The fourth-order valence-corrected chi connectivity index (χ4v) is 1.58. The number of aryl methyl sites for hydroxylation is 2. The highest BCUT2D eigenvalue weighted by Crippen LogP contribution is 2.06. The molecule has 1 aliphatic heterocycles. The Morgan fingerprint density at radius 3 is 3.08 bits per heavy atom. The van der Waals surface area contributed by atoms with Crippen LogP contribution in [0.15, 0.2) is 6.20 Å². The maximum Gasteiger partial charge on any atom is 0.379 e. The third-order valence-electron chi connectivity index (χ3n) is 2.20. The van der Waals surface area contributed by atoms with E-state index in [9.17, 15) is 4.79 Å². The van der Waals surface area contributed by atoms with Gasteiger partial charge in [-0.3, -0.25) is 0 Å². The maximum atomic E-state index is 10.6. The van der Waals surface area contributed by atoms with E-state index in [1.54, 1.807) is 6.20 Å². The molecule has 0 amide bonds. The Morgan fingerprint density at radius 2 is 2.42 bits per heavy atom. The number of nitrogens with one attached hydrogen (secondary N) is 1. The van der Waals surface area contributed by atoms with E-state index in [-0.39, 0.29) is 0 Å². The zero-order valence-electron chi connectivity index (χ0n) is 6.71. The Labute approximate surface area is 69.8 Å². The molecule has 2 rings (SSSR count). The quantitative estimate of drug-likeness (QED) is 0.592. The van der Waals surface area contributed by atoms with Crippen LogP contribution in [0.2, 0.25) is 0 Å². The number of aromatic amines is 1. The zero-order valence-corrected chi connectivity index (χ0v) is 6.71. The number of hydrogen-bond donors (Lipinski definition) is 2. The Kier molecular flexibility index (Phi) is 1.60. The normalized spacial score (nSPS) is 15.7. The molecule has 12 heavy (non-hydrogen) atoms. The zero-order chi connectivity index (χ0) is 8.55. The molecule has 0 fully saturated rings. The fourth-order valence-electron chi connectivity index (χ4n) is 1.58. The number of rotatable bonds is 1. The average molecular weight is 167 g/mol. The first-order valence-electron chi connectivity index (χ1n) is 4.12. The van der Waals surface area contributed by atoms with Gasteiger partial charge in [0, 0.05) is 6.42 Å². The van der Waals surface area contributed by atoms with Crippen LogP contribution in [-0.4, -0.2) is 16.1 Å². The monoisotopic (exact) mass is 167 g/mol. The Balaban J connectivity index is 2.38. The summed E-state index contributed by atoms with van der Waals surface area (Å²) in [5.74, 6) is 0.163. The molecular formula is C8H11N2O2+. The van der Waals surface area contributed by atoms with Crippen LogP contribution in [0.1, 0.15) is 29.2 Å². The van der Waals surface area contributed by atoms with Crippen LogP contribution in [0.25, 0.3) is 0 Å². The number of carboxylic acid groups (broad SMARTS) is 1. The van der Waals surface area contributed by atoms with Crippen molar-refractivity contribution in [2.24, 2.45) is 0 Å². The van der Waals surface area contributed by atoms with Gasteiger partial charge in [-0.1, -0.05) is 0 Å². The van der Waals surface area contributed by atoms with Crippen LogP contribution in [0.4, 0.5) is 0 Å². The van der Waals surface area contributed by atoms with Crippen molar-refractivity contribution in [2.45, 2.75) is 25.8 Å². The minimum absolute atomic E-state index is 0.298. The molecule has 2 heterocycles. The van der Waals surface area contributed by atoms with Gasteiger partial charge in [-0.05, 0) is 12.8 Å². The van der Waals surface area contributed by atoms with Crippen LogP contribution in [0, 0.1) is 0 Å². The molecule has 1 aliphatic rings. The van der Waals surface area contributed by atoms with Crippen LogP contribution < -0.4 is 4.57 Å². The topological polar surface area (TPSA) is 57.0 Å². The molecule has 0 aliphatic carbocycles. The van der Waals surface area contributed by atoms with Gasteiger partial charge in [-0.25, -0.2) is 14.3 Å². The van der Waals surface area contributed by atoms with Gasteiger partial charge in [-0.2, -0.15) is 0 Å². The van der Waals surface area contributed by atoms with Crippen molar-refractivity contribution in [2.75, 3.05) is 0 Å². The van der Waals surface area contributed by atoms with E-state index >= 15 is 0 Å². The summed E-state index contributed by atoms with van der Waals surface area (Å²) in [4.78, 5) is 13.5. The van der Waals surface area contributed by atoms with Gasteiger partial charge in [0.25, 0.3) is 5.82 Å². The number of H-pyrrole nitrogens is 1. The van der Waals surface area contributed by atoms with Crippen LogP contribution >= 0.6 is 0 Å². The van der Waals surface area contributed by atoms with Gasteiger partial charge in [0.15, 0.2) is 0 Å². The van der Waals surface area contributed by atoms with Gasteiger partial charge in [0.2, 0.25) is 5.69 Å². The largest absolute Gasteiger partial charge is 0.475 e. The molecule has 2 N–H and O–H groups in total. The Hall–Kier alpha value is -1.32. The molecule has 0 bridgehead atoms. The van der Waals surface area contributed by atoms with Crippen molar-refractivity contribution in [3.8, 4) is 0 Å². The first-order chi connectivity index (χ1) is 5.77. The van der Waals surface area contributed by atoms with E-state index in [2.05, 4.69) is 4.98 Å². The van der Waals surface area contributed by atoms with Gasteiger partial charge in [0.05, 0.1) is 6.54 Å². The van der Waals surface area contributed by atoms with E-state index in [4.69, 9.17) is 5.11 Å². The molecule has 0 spiro atoms. The number of fused-ring (bicyclic) bond motifs is 1. The smallest absolute Gasteiger partial charge is 0.379 e. The number of aromatic nitrogens is 2. The van der Waals surface area contributed by atoms with E-state index in [1.165, 1.54) is 0 Å². The van der Waals surface area contributed by atoms with E-state index in [1.807, 2.05) is 4.57 Å². The van der Waals surface area contributed by atoms with Crippen molar-refractivity contribution in [1.82, 2.24) is 4.98 Å². The highest BCUT2D eigenvalue weighted by molar-refractivity contribution is 5.84. The van der Waals surface area contributed by atoms with Gasteiger partial charge < -0.3 is 5.11 Å². The Morgan fingerprint density at radius 1 is 1.58 bits per heavy atom. The van der Waals surface area contributed by atoms with E-state index in [0.717, 1.165) is 31.6 Å². The van der Waals surface area contributed by atoms with Crippen LogP contribution in [0.5, 0.6) is 0 Å². The fraction of sp³-hybridized carbons (Fsp3) is 0.500. The molecule has 0 atom stereocenters. The standard InChI is InChI=1S/C8H10N2O2/c11-8(12)6-5-10-4-2-1-3-7(10)9-6/h5H,1-4H2,(H,11,12)/p+1. The molecule has 1 aromatic heterocycles. The van der Waals surface area contributed by atoms with E-state index in [0.29, 0.717) is 5.69 Å². The van der Waals surface area contributed by atoms with Crippen LogP contribution in [-0.2, 0) is 13.0 Å². The Bertz CT molecular complexity index is 293. The number of imidazole rings is 1. The summed E-state index contributed by atoms with van der Waals surface area (Å²) in [5.41, 5.74) is 0.298. The third kappa shape index (κ3) is 1.09. The number of aromatic carboxylic acids is 1. The molecule has 0 radical (unpaired) electrons. The summed E-state index contributed by atoms with van der Waals surface area (Å²) in [5, 5.41) is 8.69. The molecule has 4 heteroatoms. The molecule has 0 saturated heterocycles. The van der Waals surface area contributed by atoms with Crippen molar-refractivity contribution in [3.63, 3.8) is 0 Å². The lowest BCUT2D eigenvalue weighted by molar-refractivity contribution is -0.708. The molecule has 4 nitrogen and oxygen atoms in total. The lowest BCUT2D eigenvalue weighted by atomic mass is 10.2. The molecule has 1 aromatic rings. The first-order valence-corrected chi connectivity index (χ1v) is 4.12. The van der Waals surface area contributed by atoms with Crippen LogP contribution in [0.3, 0.4) is 0 Å². The van der Waals surface area contributed by atoms with Crippen molar-refractivity contribution < 1.29 is 14.5 Å². The summed E-state index contributed by atoms with van der Waals surface area (Å²) >= 11 is 0. The van der Waals surface area contributed by atoms with Gasteiger partial charge in [-0.15, -0.1) is 0 Å². The predicted molar refractivity (Wildman–Crippen MR) is 40.9 cm³/mol. The number of carbonyl (C=O) groups is 1. The van der Waals surface area contributed by atoms with Gasteiger partial charge in [0.1, 0.15) is 6.20 Å². The van der Waals surface area contributed by atoms with Crippen molar-refractivity contribution in [3.05, 3.63) is 17.7 Å². The summed E-state index contributed by atoms with van der Waals surface area (Å²) in [7, 11) is 0. The highest BCUT2D eigenvalue weighted by atomic mass is 16.4. The second-order valence-corrected chi connectivity index (χ2v) is 3.07. The number of carboxylic acids is 1. The second kappa shape index (κ2) is 2.62. The third-order valence-corrected chi connectivity index (χ3v) is 2.20. The molecular weight excluding hydrogens is 156 g/mol. The minimum atomic E-state index is -0.878. The predicted octanol–water partition coefficient (Wildman–Crippen LogP) is 0.337. The molecule has 0 aromatic carbocycles. The minimum Gasteiger partial charge on any atom is -0.475 e. The van der Waals surface area contributed by atoms with Crippen molar-refractivity contribution in [1.29, 1.82) is 0 Å².